The van der Waals surface area contributed by atoms with Gasteiger partial charge in [0.2, 0.25) is 5.91 Å². The van der Waals surface area contributed by atoms with Crippen LogP contribution >= 0.6 is 47.1 Å². The predicted octanol–water partition coefficient (Wildman–Crippen LogP) is 5.20. The van der Waals surface area contributed by atoms with Crippen LogP contribution in [-0.4, -0.2) is 48.7 Å². The van der Waals surface area contributed by atoms with Gasteiger partial charge in [0.1, 0.15) is 11.3 Å². The van der Waals surface area contributed by atoms with E-state index in [-0.39, 0.29) is 29.9 Å². The lowest BCUT2D eigenvalue weighted by atomic mass is 10.3. The number of thiazole rings is 1. The second-order valence-electron chi connectivity index (χ2n) is 6.17. The first-order valence-corrected chi connectivity index (χ1v) is 10.5. The second kappa shape index (κ2) is 10.4. The number of hydrogen-bond acceptors (Lipinski definition) is 5. The molecule has 0 fully saturated rings. The highest BCUT2D eigenvalue weighted by Gasteiger charge is 2.20. The summed E-state index contributed by atoms with van der Waals surface area (Å²) in [4.78, 5) is 22.1. The second-order valence-corrected chi connectivity index (χ2v) is 8.64. The van der Waals surface area contributed by atoms with E-state index in [9.17, 15) is 9.18 Å². The van der Waals surface area contributed by atoms with Crippen LogP contribution in [-0.2, 0) is 4.79 Å². The monoisotopic (exact) mass is 459 g/mol. The Bertz CT molecular complexity index is 935. The summed E-state index contributed by atoms with van der Waals surface area (Å²) in [5.74, 6) is -0.0751. The maximum atomic E-state index is 13.0. The molecule has 0 spiro atoms. The Hall–Kier alpha value is -1.38. The Morgan fingerprint density at radius 3 is 2.54 bits per heavy atom. The molecule has 0 aliphatic heterocycles. The fourth-order valence-electron chi connectivity index (χ4n) is 2.40. The molecule has 0 radical (unpaired) electrons. The Labute approximate surface area is 183 Å². The van der Waals surface area contributed by atoms with Crippen molar-refractivity contribution in [3.05, 3.63) is 53.3 Å². The fraction of sp³-hybridized carbons (Fsp3) is 0.263. The van der Waals surface area contributed by atoms with Crippen molar-refractivity contribution in [2.24, 2.45) is 0 Å². The van der Waals surface area contributed by atoms with Crippen molar-refractivity contribution in [2.75, 3.05) is 37.8 Å². The van der Waals surface area contributed by atoms with Crippen LogP contribution in [0.1, 0.15) is 0 Å². The van der Waals surface area contributed by atoms with Crippen LogP contribution in [0, 0.1) is 5.82 Å². The van der Waals surface area contributed by atoms with Crippen molar-refractivity contribution in [3.8, 4) is 0 Å². The van der Waals surface area contributed by atoms with E-state index in [4.69, 9.17) is 11.6 Å². The van der Waals surface area contributed by atoms with Crippen LogP contribution in [0.4, 0.5) is 9.52 Å². The molecule has 1 amide bonds. The quantitative estimate of drug-likeness (QED) is 0.455. The van der Waals surface area contributed by atoms with Gasteiger partial charge in [0.25, 0.3) is 0 Å². The molecule has 1 aromatic heterocycles. The van der Waals surface area contributed by atoms with Crippen LogP contribution in [0.15, 0.2) is 47.4 Å². The van der Waals surface area contributed by atoms with Gasteiger partial charge in [0.05, 0.1) is 15.5 Å². The smallest absolute Gasteiger partial charge is 0.239 e. The number of para-hydroxylation sites is 1. The van der Waals surface area contributed by atoms with Gasteiger partial charge in [-0.15, -0.1) is 24.2 Å². The molecule has 150 valence electrons. The fourth-order valence-corrected chi connectivity index (χ4v) is 4.48. The first-order chi connectivity index (χ1) is 12.9. The number of carbonyl (C=O) groups excluding carboxylic acids is 1. The number of thioether (sulfide) groups is 1. The Morgan fingerprint density at radius 2 is 1.89 bits per heavy atom. The standard InChI is InChI=1S/C19H19ClFN3OS2.ClH/c1-23(2)10-11-24(17(25)12-26-14-8-6-13(21)7-9-14)19-22-18-15(20)4-3-5-16(18)27-19;/h3-9H,10-12H2,1-2H3;1H. The normalized spacial score (nSPS) is 10.9. The maximum absolute atomic E-state index is 13.0. The highest BCUT2D eigenvalue weighted by Crippen LogP contribution is 2.33. The van der Waals surface area contributed by atoms with E-state index in [1.165, 1.54) is 35.2 Å². The van der Waals surface area contributed by atoms with Gasteiger partial charge in [0, 0.05) is 18.0 Å². The van der Waals surface area contributed by atoms with Crippen LogP contribution in [0.3, 0.4) is 0 Å². The topological polar surface area (TPSA) is 36.4 Å². The van der Waals surface area contributed by atoms with Gasteiger partial charge in [0.15, 0.2) is 5.13 Å². The molecule has 0 saturated carbocycles. The van der Waals surface area contributed by atoms with Crippen molar-refractivity contribution < 1.29 is 9.18 Å². The number of halogens is 3. The molecule has 9 heteroatoms. The summed E-state index contributed by atoms with van der Waals surface area (Å²) in [5.41, 5.74) is 0.716. The summed E-state index contributed by atoms with van der Waals surface area (Å²) >= 11 is 9.07. The summed E-state index contributed by atoms with van der Waals surface area (Å²) in [6.45, 7) is 1.25. The molecule has 0 atom stereocenters. The lowest BCUT2D eigenvalue weighted by molar-refractivity contribution is -0.116. The molecule has 0 unspecified atom stereocenters. The molecule has 28 heavy (non-hydrogen) atoms. The highest BCUT2D eigenvalue weighted by molar-refractivity contribution is 8.00. The van der Waals surface area contributed by atoms with Gasteiger partial charge >= 0.3 is 0 Å². The molecule has 0 aliphatic carbocycles. The zero-order valence-electron chi connectivity index (χ0n) is 15.4. The van der Waals surface area contributed by atoms with Crippen molar-refractivity contribution in [1.82, 2.24) is 9.88 Å². The molecule has 1 heterocycles. The molecular weight excluding hydrogens is 440 g/mol. The Balaban J connectivity index is 0.00000280. The number of hydrogen-bond donors (Lipinski definition) is 0. The minimum absolute atomic E-state index is 0. The van der Waals surface area contributed by atoms with Gasteiger partial charge in [-0.1, -0.05) is 29.0 Å². The molecule has 3 rings (SSSR count). The first-order valence-electron chi connectivity index (χ1n) is 8.32. The number of nitrogens with zero attached hydrogens (tertiary/aromatic N) is 3. The number of likely N-dealkylation sites (N-methyl/N-ethyl adjacent to an activating group) is 1. The number of benzene rings is 2. The predicted molar refractivity (Wildman–Crippen MR) is 120 cm³/mol. The Morgan fingerprint density at radius 1 is 1.18 bits per heavy atom. The molecule has 3 aromatic rings. The average molecular weight is 460 g/mol. The van der Waals surface area contributed by atoms with E-state index in [0.717, 1.165) is 16.1 Å². The SMILES string of the molecule is CN(C)CCN(C(=O)CSc1ccc(F)cc1)c1nc2c(Cl)cccc2s1.Cl. The third kappa shape index (κ3) is 5.81. The highest BCUT2D eigenvalue weighted by atomic mass is 35.5. The largest absolute Gasteiger partial charge is 0.308 e. The molecule has 0 bridgehead atoms. The van der Waals surface area contributed by atoms with Crippen molar-refractivity contribution in [1.29, 1.82) is 0 Å². The average Bonchev–Trinajstić information content (AvgIpc) is 3.06. The molecular formula is C19H20Cl2FN3OS2. The van der Waals surface area contributed by atoms with Gasteiger partial charge in [-0.2, -0.15) is 0 Å². The van der Waals surface area contributed by atoms with E-state index in [2.05, 4.69) is 4.98 Å². The summed E-state index contributed by atoms with van der Waals surface area (Å²) in [5, 5.41) is 1.22. The Kier molecular flexibility index (Phi) is 8.52. The van der Waals surface area contributed by atoms with Crippen molar-refractivity contribution >= 4 is 68.4 Å². The van der Waals surface area contributed by atoms with Crippen molar-refractivity contribution in [3.63, 3.8) is 0 Å². The maximum Gasteiger partial charge on any atom is 0.239 e. The number of anilines is 1. The number of rotatable bonds is 7. The third-order valence-electron chi connectivity index (χ3n) is 3.84. The van der Waals surface area contributed by atoms with Crippen LogP contribution in [0.5, 0.6) is 0 Å². The number of aromatic nitrogens is 1. The van der Waals surface area contributed by atoms with Gasteiger partial charge in [-0.25, -0.2) is 9.37 Å². The summed E-state index contributed by atoms with van der Waals surface area (Å²) < 4.78 is 14.0. The van der Waals surface area contributed by atoms with E-state index in [0.29, 0.717) is 22.2 Å². The summed E-state index contributed by atoms with van der Waals surface area (Å²) in [6, 6.07) is 11.8. The first kappa shape index (κ1) is 22.9. The third-order valence-corrected chi connectivity index (χ3v) is 6.18. The van der Waals surface area contributed by atoms with Crippen molar-refractivity contribution in [2.45, 2.75) is 4.90 Å². The molecule has 2 aromatic carbocycles. The zero-order chi connectivity index (χ0) is 19.4. The summed E-state index contributed by atoms with van der Waals surface area (Å²) in [6.07, 6.45) is 0. The van der Waals surface area contributed by atoms with E-state index < -0.39 is 0 Å². The van der Waals surface area contributed by atoms with Gasteiger partial charge in [-0.05, 0) is 50.5 Å². The van der Waals surface area contributed by atoms with Gasteiger partial charge in [-0.3, -0.25) is 9.69 Å². The lowest BCUT2D eigenvalue weighted by Crippen LogP contribution is -2.37. The van der Waals surface area contributed by atoms with E-state index >= 15 is 0 Å². The molecule has 0 N–H and O–H groups in total. The van der Waals surface area contributed by atoms with Crippen LogP contribution in [0.2, 0.25) is 5.02 Å². The summed E-state index contributed by atoms with van der Waals surface area (Å²) in [7, 11) is 3.93. The zero-order valence-corrected chi connectivity index (χ0v) is 18.6. The molecule has 0 saturated heterocycles. The lowest BCUT2D eigenvalue weighted by Gasteiger charge is -2.21. The minimum atomic E-state index is -0.287. The van der Waals surface area contributed by atoms with Gasteiger partial charge < -0.3 is 4.90 Å². The minimum Gasteiger partial charge on any atom is -0.308 e. The van der Waals surface area contributed by atoms with Crippen LogP contribution in [0.25, 0.3) is 10.2 Å². The van der Waals surface area contributed by atoms with E-state index in [1.54, 1.807) is 23.1 Å². The molecule has 0 aliphatic rings. The molecule has 4 nitrogen and oxygen atoms in total. The number of amides is 1. The van der Waals surface area contributed by atoms with E-state index in [1.807, 2.05) is 31.1 Å². The van der Waals surface area contributed by atoms with Crippen LogP contribution < -0.4 is 4.90 Å². The number of fused-ring (bicyclic) bond motifs is 1. The number of carbonyl (C=O) groups is 1.